The van der Waals surface area contributed by atoms with Gasteiger partial charge in [0.2, 0.25) is 5.91 Å². The summed E-state index contributed by atoms with van der Waals surface area (Å²) in [5.74, 6) is -3.33. The lowest BCUT2D eigenvalue weighted by molar-refractivity contribution is -0.138. The smallest absolute Gasteiger partial charge is 0.276 e. The van der Waals surface area contributed by atoms with Crippen molar-refractivity contribution in [2.45, 2.75) is 20.0 Å². The molecule has 2 aromatic carbocycles. The van der Waals surface area contributed by atoms with Crippen LogP contribution in [0.5, 0.6) is 0 Å². The van der Waals surface area contributed by atoms with Crippen molar-refractivity contribution in [3.8, 4) is 0 Å². The van der Waals surface area contributed by atoms with Crippen molar-refractivity contribution in [1.29, 1.82) is 0 Å². The minimum absolute atomic E-state index is 0.292. The number of urea groups is 1. The molecule has 3 rings (SSSR count). The van der Waals surface area contributed by atoms with Crippen molar-refractivity contribution < 1.29 is 27.6 Å². The maximum Gasteiger partial charge on any atom is 0.416 e. The van der Waals surface area contributed by atoms with Gasteiger partial charge in [-0.1, -0.05) is 12.1 Å². The highest BCUT2D eigenvalue weighted by Crippen LogP contribution is 2.32. The molecule has 1 aliphatic rings. The Kier molecular flexibility index (Phi) is 5.23. The third kappa shape index (κ3) is 4.18. The molecule has 0 radical (unpaired) electrons. The number of hydrogen-bond donors (Lipinski definition) is 1. The molecular formula is C20H16F3N3O3. The summed E-state index contributed by atoms with van der Waals surface area (Å²) in [6, 6.07) is 7.91. The molecule has 29 heavy (non-hydrogen) atoms. The summed E-state index contributed by atoms with van der Waals surface area (Å²) < 4.78 is 38.9. The molecule has 1 atom stereocenters. The van der Waals surface area contributed by atoms with E-state index in [9.17, 15) is 27.6 Å². The summed E-state index contributed by atoms with van der Waals surface area (Å²) in [5.41, 5.74) is 1.18. The summed E-state index contributed by atoms with van der Waals surface area (Å²) in [5, 5.41) is 1.98. The summed E-state index contributed by atoms with van der Waals surface area (Å²) in [6.45, 7) is 3.79. The number of benzene rings is 2. The van der Waals surface area contributed by atoms with Gasteiger partial charge in [-0.3, -0.25) is 19.9 Å². The molecule has 0 aliphatic carbocycles. The molecule has 1 aliphatic heterocycles. The molecule has 1 fully saturated rings. The van der Waals surface area contributed by atoms with Gasteiger partial charge in [-0.15, -0.1) is 0 Å². The zero-order chi connectivity index (χ0) is 21.3. The standard InChI is InChI=1S/C20H16F3N3O3/c1-11-6-7-14(8-12(11)2)24-10-16-17(27)25-19(29)26(18(16)28)15-5-3-4-13(9-15)20(21,22)23/h3-10,16H,1-2H3,(H,25,27,29)/t16-/m0/s1. The number of carbonyl (C=O) groups is 3. The van der Waals surface area contributed by atoms with E-state index in [2.05, 4.69) is 4.99 Å². The third-order valence-electron chi connectivity index (χ3n) is 4.50. The number of carbonyl (C=O) groups excluding carboxylic acids is 3. The number of amides is 4. The Bertz CT molecular complexity index is 1030. The Morgan fingerprint density at radius 2 is 1.76 bits per heavy atom. The molecule has 1 heterocycles. The van der Waals surface area contributed by atoms with Crippen LogP contribution in [0.15, 0.2) is 47.5 Å². The van der Waals surface area contributed by atoms with Crippen LogP contribution in [0.25, 0.3) is 0 Å². The van der Waals surface area contributed by atoms with Crippen molar-refractivity contribution in [3.05, 3.63) is 59.2 Å². The van der Waals surface area contributed by atoms with Crippen molar-refractivity contribution in [2.24, 2.45) is 10.9 Å². The number of aliphatic imine (C=N–C) groups is 1. The van der Waals surface area contributed by atoms with E-state index in [-0.39, 0.29) is 5.69 Å². The van der Waals surface area contributed by atoms with Gasteiger partial charge in [0.1, 0.15) is 0 Å². The first kappa shape index (κ1) is 20.2. The average Bonchev–Trinajstić information content (AvgIpc) is 2.63. The van der Waals surface area contributed by atoms with Crippen molar-refractivity contribution in [2.75, 3.05) is 4.90 Å². The maximum absolute atomic E-state index is 13.0. The van der Waals surface area contributed by atoms with E-state index in [0.717, 1.165) is 29.5 Å². The molecule has 6 nitrogen and oxygen atoms in total. The Labute approximate surface area is 164 Å². The molecule has 0 bridgehead atoms. The third-order valence-corrected chi connectivity index (χ3v) is 4.50. The first-order valence-electron chi connectivity index (χ1n) is 8.55. The molecule has 0 aromatic heterocycles. The second kappa shape index (κ2) is 7.50. The van der Waals surface area contributed by atoms with E-state index < -0.39 is 35.5 Å². The number of barbiturate groups is 1. The highest BCUT2D eigenvalue weighted by molar-refractivity contribution is 6.32. The fourth-order valence-corrected chi connectivity index (χ4v) is 2.75. The average molecular weight is 403 g/mol. The van der Waals surface area contributed by atoms with Gasteiger partial charge >= 0.3 is 12.2 Å². The number of nitrogens with one attached hydrogen (secondary N) is 1. The van der Waals surface area contributed by atoms with Crippen molar-refractivity contribution in [1.82, 2.24) is 5.32 Å². The monoisotopic (exact) mass is 403 g/mol. The van der Waals surface area contributed by atoms with Gasteiger partial charge in [0.25, 0.3) is 5.91 Å². The fourth-order valence-electron chi connectivity index (χ4n) is 2.75. The number of imide groups is 2. The highest BCUT2D eigenvalue weighted by atomic mass is 19.4. The first-order chi connectivity index (χ1) is 13.6. The Hall–Kier alpha value is -3.49. The second-order valence-corrected chi connectivity index (χ2v) is 6.54. The topological polar surface area (TPSA) is 78.8 Å². The highest BCUT2D eigenvalue weighted by Gasteiger charge is 2.41. The van der Waals surface area contributed by atoms with Gasteiger partial charge in [-0.05, 0) is 55.3 Å². The number of nitrogens with zero attached hydrogens (tertiary/aromatic N) is 2. The van der Waals surface area contributed by atoms with Crippen LogP contribution in [0.4, 0.5) is 29.3 Å². The van der Waals surface area contributed by atoms with E-state index in [1.807, 2.05) is 25.2 Å². The van der Waals surface area contributed by atoms with Crippen LogP contribution in [-0.4, -0.2) is 24.1 Å². The lowest BCUT2D eigenvalue weighted by Crippen LogP contribution is -2.58. The number of hydrogen-bond acceptors (Lipinski definition) is 4. The summed E-state index contributed by atoms with van der Waals surface area (Å²) in [6.07, 6.45) is -3.57. The minimum Gasteiger partial charge on any atom is -0.276 e. The van der Waals surface area contributed by atoms with Crippen molar-refractivity contribution in [3.63, 3.8) is 0 Å². The Balaban J connectivity index is 1.92. The van der Waals surface area contributed by atoms with Gasteiger partial charge in [0.15, 0.2) is 5.92 Å². The summed E-state index contributed by atoms with van der Waals surface area (Å²) in [4.78, 5) is 41.6. The van der Waals surface area contributed by atoms with Gasteiger partial charge in [-0.25, -0.2) is 9.69 Å². The number of anilines is 1. The van der Waals surface area contributed by atoms with Crippen LogP contribution in [0.3, 0.4) is 0 Å². The number of alkyl halides is 3. The molecule has 4 amide bonds. The normalized spacial score (nSPS) is 17.8. The fraction of sp³-hybridized carbons (Fsp3) is 0.200. The molecule has 2 aromatic rings. The molecule has 0 spiro atoms. The van der Waals surface area contributed by atoms with Gasteiger partial charge in [0.05, 0.1) is 16.9 Å². The molecule has 150 valence electrons. The Morgan fingerprint density at radius 3 is 2.41 bits per heavy atom. The van der Waals surface area contributed by atoms with Crippen molar-refractivity contribution >= 4 is 35.4 Å². The van der Waals surface area contributed by atoms with E-state index in [1.54, 1.807) is 12.1 Å². The van der Waals surface area contributed by atoms with Crippen LogP contribution < -0.4 is 10.2 Å². The largest absolute Gasteiger partial charge is 0.416 e. The van der Waals surface area contributed by atoms with Crippen LogP contribution in [-0.2, 0) is 15.8 Å². The van der Waals surface area contributed by atoms with E-state index in [1.165, 1.54) is 6.07 Å². The second-order valence-electron chi connectivity index (χ2n) is 6.54. The van der Waals surface area contributed by atoms with Crippen LogP contribution in [0, 0.1) is 19.8 Å². The van der Waals surface area contributed by atoms with Gasteiger partial charge in [-0.2, -0.15) is 13.2 Å². The quantitative estimate of drug-likeness (QED) is 0.623. The minimum atomic E-state index is -4.65. The lowest BCUT2D eigenvalue weighted by atomic mass is 10.0. The van der Waals surface area contributed by atoms with E-state index in [4.69, 9.17) is 0 Å². The predicted octanol–water partition coefficient (Wildman–Crippen LogP) is 3.92. The molecule has 1 N–H and O–H groups in total. The number of aryl methyl sites for hydroxylation is 2. The first-order valence-corrected chi connectivity index (χ1v) is 8.55. The van der Waals surface area contributed by atoms with E-state index >= 15 is 0 Å². The Morgan fingerprint density at radius 1 is 1.03 bits per heavy atom. The molecule has 0 saturated carbocycles. The van der Waals surface area contributed by atoms with E-state index in [0.29, 0.717) is 16.7 Å². The zero-order valence-electron chi connectivity index (χ0n) is 15.4. The van der Waals surface area contributed by atoms with Crippen LogP contribution >= 0.6 is 0 Å². The summed E-state index contributed by atoms with van der Waals surface area (Å²) >= 11 is 0. The zero-order valence-corrected chi connectivity index (χ0v) is 15.4. The molecule has 0 unspecified atom stereocenters. The molecule has 9 heteroatoms. The SMILES string of the molecule is Cc1ccc(N=C[C@H]2C(=O)NC(=O)N(c3cccc(C(F)(F)F)c3)C2=O)cc1C. The molecular weight excluding hydrogens is 387 g/mol. The molecule has 1 saturated heterocycles. The van der Waals surface area contributed by atoms with Crippen LogP contribution in [0.2, 0.25) is 0 Å². The number of rotatable bonds is 3. The number of halogens is 3. The van der Waals surface area contributed by atoms with Crippen LogP contribution in [0.1, 0.15) is 16.7 Å². The lowest BCUT2D eigenvalue weighted by Gasteiger charge is -2.28. The summed E-state index contributed by atoms with van der Waals surface area (Å²) in [7, 11) is 0. The predicted molar refractivity (Wildman–Crippen MR) is 100 cm³/mol. The maximum atomic E-state index is 13.0. The van der Waals surface area contributed by atoms with Gasteiger partial charge < -0.3 is 0 Å². The van der Waals surface area contributed by atoms with Gasteiger partial charge in [0, 0.05) is 6.21 Å².